The zero-order chi connectivity index (χ0) is 19.0. The Labute approximate surface area is 150 Å². The fourth-order valence-electron chi connectivity index (χ4n) is 2.96. The maximum atomic E-state index is 12.7. The van der Waals surface area contributed by atoms with E-state index in [0.29, 0.717) is 28.3 Å². The molecule has 0 aromatic carbocycles. The van der Waals surface area contributed by atoms with E-state index in [4.69, 9.17) is 9.15 Å². The Balaban J connectivity index is 1.85. The van der Waals surface area contributed by atoms with Gasteiger partial charge in [-0.05, 0) is 32.9 Å². The Kier molecular flexibility index (Phi) is 4.50. The highest BCUT2D eigenvalue weighted by atomic mass is 16.5. The summed E-state index contributed by atoms with van der Waals surface area (Å²) in [6.07, 6.45) is 0. The fourth-order valence-corrected chi connectivity index (χ4v) is 2.96. The summed E-state index contributed by atoms with van der Waals surface area (Å²) < 4.78 is 11.9. The molecular formula is C18H20N4O4. The van der Waals surface area contributed by atoms with E-state index in [2.05, 4.69) is 15.4 Å². The van der Waals surface area contributed by atoms with Crippen LogP contribution in [-0.4, -0.2) is 33.8 Å². The number of esters is 1. The topological polar surface area (TPSA) is 99.2 Å². The number of furan rings is 1. The summed E-state index contributed by atoms with van der Waals surface area (Å²) in [4.78, 5) is 28.8. The van der Waals surface area contributed by atoms with Crippen LogP contribution in [0.2, 0.25) is 0 Å². The van der Waals surface area contributed by atoms with Gasteiger partial charge in [0, 0.05) is 12.7 Å². The van der Waals surface area contributed by atoms with Gasteiger partial charge in [0.05, 0.1) is 30.3 Å². The average molecular weight is 356 g/mol. The van der Waals surface area contributed by atoms with E-state index in [9.17, 15) is 9.59 Å². The Morgan fingerprint density at radius 2 is 1.96 bits per heavy atom. The number of aromatic nitrogens is 3. The van der Waals surface area contributed by atoms with Gasteiger partial charge in [-0.25, -0.2) is 9.78 Å². The molecule has 1 amide bonds. The molecule has 136 valence electrons. The van der Waals surface area contributed by atoms with Crippen LogP contribution in [0.1, 0.15) is 43.6 Å². The molecule has 3 aromatic heterocycles. The first-order valence-corrected chi connectivity index (χ1v) is 8.08. The van der Waals surface area contributed by atoms with Gasteiger partial charge in [0.15, 0.2) is 5.65 Å². The molecular weight excluding hydrogens is 336 g/mol. The van der Waals surface area contributed by atoms with Crippen LogP contribution >= 0.6 is 0 Å². The van der Waals surface area contributed by atoms with Crippen molar-refractivity contribution in [1.29, 1.82) is 0 Å². The van der Waals surface area contributed by atoms with E-state index in [-0.39, 0.29) is 12.5 Å². The van der Waals surface area contributed by atoms with Crippen molar-refractivity contribution >= 4 is 22.9 Å². The predicted octanol–water partition coefficient (Wildman–Crippen LogP) is 2.20. The number of carbonyl (C=O) groups is 2. The van der Waals surface area contributed by atoms with Crippen LogP contribution in [0.4, 0.5) is 0 Å². The number of methoxy groups -OCH3 is 1. The summed E-state index contributed by atoms with van der Waals surface area (Å²) in [7, 11) is 3.10. The van der Waals surface area contributed by atoms with Crippen LogP contribution in [0.3, 0.4) is 0 Å². The summed E-state index contributed by atoms with van der Waals surface area (Å²) in [6.45, 7) is 5.50. The van der Waals surface area contributed by atoms with Crippen molar-refractivity contribution in [3.8, 4) is 0 Å². The number of rotatable bonds is 4. The lowest BCUT2D eigenvalue weighted by molar-refractivity contribution is 0.0598. The van der Waals surface area contributed by atoms with E-state index < -0.39 is 5.97 Å². The van der Waals surface area contributed by atoms with Gasteiger partial charge in [-0.15, -0.1) is 0 Å². The molecule has 3 rings (SSSR count). The Morgan fingerprint density at radius 3 is 2.65 bits per heavy atom. The summed E-state index contributed by atoms with van der Waals surface area (Å²) in [5.41, 5.74) is 2.99. The molecule has 0 radical (unpaired) electrons. The lowest BCUT2D eigenvalue weighted by Crippen LogP contribution is -2.23. The van der Waals surface area contributed by atoms with Gasteiger partial charge in [0.25, 0.3) is 5.91 Å². The smallest absolute Gasteiger partial charge is 0.341 e. The van der Waals surface area contributed by atoms with Gasteiger partial charge >= 0.3 is 5.97 Å². The molecule has 3 aromatic rings. The SMILES string of the molecule is COC(=O)c1cc(CNC(=O)c2cc(C)nc3c2c(C)nn3C)oc1C. The van der Waals surface area contributed by atoms with Gasteiger partial charge < -0.3 is 14.5 Å². The highest BCUT2D eigenvalue weighted by Crippen LogP contribution is 2.22. The van der Waals surface area contributed by atoms with Crippen molar-refractivity contribution in [2.75, 3.05) is 7.11 Å². The van der Waals surface area contributed by atoms with Crippen LogP contribution in [-0.2, 0) is 18.3 Å². The second-order valence-electron chi connectivity index (χ2n) is 6.08. The molecule has 0 atom stereocenters. The maximum absolute atomic E-state index is 12.7. The maximum Gasteiger partial charge on any atom is 0.341 e. The standard InChI is InChI=1S/C18H20N4O4/c1-9-6-14(15-10(2)21-22(4)16(15)20-9)17(23)19-8-12-7-13(11(3)26-12)18(24)25-5/h6-7H,8H2,1-5H3,(H,19,23). The molecule has 0 spiro atoms. The van der Waals surface area contributed by atoms with Gasteiger partial charge in [0.1, 0.15) is 17.1 Å². The quantitative estimate of drug-likeness (QED) is 0.720. The van der Waals surface area contributed by atoms with Crippen molar-refractivity contribution in [2.45, 2.75) is 27.3 Å². The number of hydrogen-bond donors (Lipinski definition) is 1. The normalized spacial score (nSPS) is 11.0. The monoisotopic (exact) mass is 356 g/mol. The van der Waals surface area contributed by atoms with Gasteiger partial charge in [-0.2, -0.15) is 5.10 Å². The van der Waals surface area contributed by atoms with E-state index in [1.807, 2.05) is 13.8 Å². The number of carbonyl (C=O) groups excluding carboxylic acids is 2. The zero-order valence-electron chi connectivity index (χ0n) is 15.3. The molecule has 0 aliphatic rings. The number of pyridine rings is 1. The number of hydrogen-bond acceptors (Lipinski definition) is 6. The number of nitrogens with one attached hydrogen (secondary N) is 1. The van der Waals surface area contributed by atoms with E-state index in [1.165, 1.54) is 7.11 Å². The molecule has 0 saturated heterocycles. The first kappa shape index (κ1) is 17.7. The Bertz CT molecular complexity index is 1020. The second kappa shape index (κ2) is 6.62. The molecule has 0 fully saturated rings. The summed E-state index contributed by atoms with van der Waals surface area (Å²) >= 11 is 0. The number of aryl methyl sites for hydroxylation is 4. The van der Waals surface area contributed by atoms with Crippen LogP contribution < -0.4 is 5.32 Å². The minimum atomic E-state index is -0.471. The van der Waals surface area contributed by atoms with Crippen molar-refractivity contribution in [3.63, 3.8) is 0 Å². The van der Waals surface area contributed by atoms with Crippen molar-refractivity contribution < 1.29 is 18.7 Å². The lowest BCUT2D eigenvalue weighted by atomic mass is 10.1. The predicted molar refractivity (Wildman–Crippen MR) is 93.9 cm³/mol. The van der Waals surface area contributed by atoms with Crippen molar-refractivity contribution in [2.24, 2.45) is 7.05 Å². The molecule has 0 unspecified atom stereocenters. The summed E-state index contributed by atoms with van der Waals surface area (Å²) in [5.74, 6) is 0.194. The third kappa shape index (κ3) is 3.05. The second-order valence-corrected chi connectivity index (χ2v) is 6.08. The minimum absolute atomic E-state index is 0.152. The average Bonchev–Trinajstić information content (AvgIpc) is 3.11. The number of amides is 1. The van der Waals surface area contributed by atoms with Crippen molar-refractivity contribution in [3.05, 3.63) is 46.2 Å². The van der Waals surface area contributed by atoms with E-state index >= 15 is 0 Å². The molecule has 0 bridgehead atoms. The third-order valence-corrected chi connectivity index (χ3v) is 4.14. The zero-order valence-corrected chi connectivity index (χ0v) is 15.3. The summed E-state index contributed by atoms with van der Waals surface area (Å²) in [6, 6.07) is 3.31. The van der Waals surface area contributed by atoms with Crippen LogP contribution in [0.15, 0.2) is 16.5 Å². The highest BCUT2D eigenvalue weighted by Gasteiger charge is 2.19. The number of fused-ring (bicyclic) bond motifs is 1. The minimum Gasteiger partial charge on any atom is -0.465 e. The van der Waals surface area contributed by atoms with Gasteiger partial charge in [0.2, 0.25) is 0 Å². The fraction of sp³-hybridized carbons (Fsp3) is 0.333. The van der Waals surface area contributed by atoms with Crippen LogP contribution in [0.25, 0.3) is 11.0 Å². The van der Waals surface area contributed by atoms with Gasteiger partial charge in [-0.1, -0.05) is 0 Å². The van der Waals surface area contributed by atoms with E-state index in [1.54, 1.807) is 30.8 Å². The summed E-state index contributed by atoms with van der Waals surface area (Å²) in [5, 5.41) is 7.88. The Morgan fingerprint density at radius 1 is 1.23 bits per heavy atom. The molecule has 0 aliphatic carbocycles. The largest absolute Gasteiger partial charge is 0.465 e. The van der Waals surface area contributed by atoms with Crippen molar-refractivity contribution in [1.82, 2.24) is 20.1 Å². The van der Waals surface area contributed by atoms with Gasteiger partial charge in [-0.3, -0.25) is 9.48 Å². The number of nitrogens with zero attached hydrogens (tertiary/aromatic N) is 3. The van der Waals surface area contributed by atoms with Crippen LogP contribution in [0, 0.1) is 20.8 Å². The molecule has 0 aliphatic heterocycles. The highest BCUT2D eigenvalue weighted by molar-refractivity contribution is 6.06. The first-order chi connectivity index (χ1) is 12.3. The molecule has 0 saturated carbocycles. The molecule has 8 nitrogen and oxygen atoms in total. The lowest BCUT2D eigenvalue weighted by Gasteiger charge is -2.06. The number of ether oxygens (including phenoxy) is 1. The molecule has 1 N–H and O–H groups in total. The Hall–Kier alpha value is -3.16. The molecule has 26 heavy (non-hydrogen) atoms. The third-order valence-electron chi connectivity index (χ3n) is 4.14. The van der Waals surface area contributed by atoms with E-state index in [0.717, 1.165) is 16.8 Å². The first-order valence-electron chi connectivity index (χ1n) is 8.08. The molecule has 8 heteroatoms. The molecule has 3 heterocycles. The van der Waals surface area contributed by atoms with Crippen LogP contribution in [0.5, 0.6) is 0 Å².